The fourth-order valence-electron chi connectivity index (χ4n) is 0.802. The molecule has 2 nitrogen and oxygen atoms in total. The van der Waals surface area contributed by atoms with E-state index in [1.165, 1.54) is 0 Å². The molecule has 2 aromatic rings. The van der Waals surface area contributed by atoms with Gasteiger partial charge in [-0.05, 0) is 0 Å². The number of nitrogens with two attached hydrogens (primary N) is 2. The Hall–Kier alpha value is -1.18. The van der Waals surface area contributed by atoms with Gasteiger partial charge in [0.2, 0.25) is 0 Å². The number of hydrogen-bond acceptors (Lipinski definition) is 2. The van der Waals surface area contributed by atoms with Gasteiger partial charge in [0.25, 0.3) is 0 Å². The standard InChI is InChI=1S/C5H7N2.C5H5.Fe/c6-4-1-2-5(7)3-4;1-2-4-5-3-1;/h1-3H,6-7H2;1-5H;/q-1;-5;. The molecule has 76 valence electrons. The summed E-state index contributed by atoms with van der Waals surface area (Å²) in [6.07, 6.45) is 0. The molecule has 0 aliphatic rings. The molecular formula is C10H12FeN2-6. The first-order chi connectivity index (χ1) is 5.79. The molecule has 0 atom stereocenters. The first kappa shape index (κ1) is 11.8. The van der Waals surface area contributed by atoms with Crippen molar-refractivity contribution in [1.29, 1.82) is 0 Å². The molecular weight excluding hydrogens is 204 g/mol. The van der Waals surface area contributed by atoms with Crippen LogP contribution >= 0.6 is 0 Å². The Kier molecular flexibility index (Phi) is 5.77. The fourth-order valence-corrected chi connectivity index (χ4v) is 0.802. The van der Waals surface area contributed by atoms with Gasteiger partial charge >= 0.3 is 0 Å². The molecule has 0 amide bonds. The predicted octanol–water partition coefficient (Wildman–Crippen LogP) is 1.97. The number of hydrogen-bond donors (Lipinski definition) is 2. The van der Waals surface area contributed by atoms with Crippen LogP contribution in [0.1, 0.15) is 0 Å². The maximum Gasteiger partial charge on any atom is 0 e. The van der Waals surface area contributed by atoms with Gasteiger partial charge in [-0.3, -0.25) is 0 Å². The molecule has 13 heavy (non-hydrogen) atoms. The molecule has 0 saturated carbocycles. The van der Waals surface area contributed by atoms with E-state index < -0.39 is 0 Å². The first-order valence-electron chi connectivity index (χ1n) is 3.73. The Bertz CT molecular complexity index is 265. The third-order valence-electron chi connectivity index (χ3n) is 1.36. The molecule has 2 aromatic carbocycles. The van der Waals surface area contributed by atoms with Crippen molar-refractivity contribution in [2.24, 2.45) is 0 Å². The molecule has 0 saturated heterocycles. The smallest absolute Gasteiger partial charge is 0 e. The topological polar surface area (TPSA) is 52.0 Å². The molecule has 0 radical (unpaired) electrons. The van der Waals surface area contributed by atoms with E-state index in [0.717, 1.165) is 11.4 Å². The average Bonchev–Trinajstić information content (AvgIpc) is 2.63. The summed E-state index contributed by atoms with van der Waals surface area (Å²) in [5.41, 5.74) is 12.1. The van der Waals surface area contributed by atoms with Crippen molar-refractivity contribution in [1.82, 2.24) is 0 Å². The van der Waals surface area contributed by atoms with E-state index in [2.05, 4.69) is 0 Å². The third-order valence-corrected chi connectivity index (χ3v) is 1.36. The van der Waals surface area contributed by atoms with Crippen molar-refractivity contribution < 1.29 is 17.1 Å². The van der Waals surface area contributed by atoms with E-state index in [-0.39, 0.29) is 17.1 Å². The minimum absolute atomic E-state index is 0. The quantitative estimate of drug-likeness (QED) is 0.522. The van der Waals surface area contributed by atoms with Gasteiger partial charge in [-0.15, -0.1) is 11.8 Å². The third kappa shape index (κ3) is 5.12. The summed E-state index contributed by atoms with van der Waals surface area (Å²) >= 11 is 0. The molecule has 0 spiro atoms. The van der Waals surface area contributed by atoms with Gasteiger partial charge in [0.05, 0.1) is 0 Å². The summed E-state index contributed by atoms with van der Waals surface area (Å²) in [6, 6.07) is 15.3. The molecule has 3 heteroatoms. The van der Waals surface area contributed by atoms with Gasteiger partial charge < -0.3 is 41.8 Å². The van der Waals surface area contributed by atoms with E-state index in [1.807, 2.05) is 30.3 Å². The van der Waals surface area contributed by atoms with Gasteiger partial charge in [0, 0.05) is 17.1 Å². The average molecular weight is 216 g/mol. The molecule has 0 fully saturated rings. The van der Waals surface area contributed by atoms with Gasteiger partial charge in [0.15, 0.2) is 0 Å². The Morgan fingerprint density at radius 1 is 1.08 bits per heavy atom. The second kappa shape index (κ2) is 6.35. The first-order valence-corrected chi connectivity index (χ1v) is 3.73. The van der Waals surface area contributed by atoms with Crippen LogP contribution < -0.4 is 11.5 Å². The molecule has 2 rings (SSSR count). The van der Waals surface area contributed by atoms with Gasteiger partial charge in [-0.25, -0.2) is 0 Å². The van der Waals surface area contributed by atoms with Crippen LogP contribution in [0.4, 0.5) is 11.4 Å². The molecule has 0 aromatic heterocycles. The van der Waals surface area contributed by atoms with Crippen molar-refractivity contribution in [3.8, 4) is 0 Å². The van der Waals surface area contributed by atoms with Crippen molar-refractivity contribution in [2.75, 3.05) is 11.5 Å². The van der Waals surface area contributed by atoms with E-state index in [1.54, 1.807) is 18.2 Å². The van der Waals surface area contributed by atoms with Gasteiger partial charge in [0.1, 0.15) is 0 Å². The summed E-state index contributed by atoms with van der Waals surface area (Å²) < 4.78 is 0. The fraction of sp³-hybridized carbons (Fsp3) is 0. The van der Waals surface area contributed by atoms with Crippen LogP contribution in [0, 0.1) is 0 Å². The Balaban J connectivity index is 0.000000215. The molecule has 0 aliphatic heterocycles. The normalized spacial score (nSPS) is 8.00. The Morgan fingerprint density at radius 2 is 1.54 bits per heavy atom. The molecule has 0 unspecified atom stereocenters. The van der Waals surface area contributed by atoms with E-state index in [9.17, 15) is 0 Å². The molecule has 0 bridgehead atoms. The summed E-state index contributed by atoms with van der Waals surface area (Å²) in [4.78, 5) is 0. The van der Waals surface area contributed by atoms with Crippen LogP contribution in [0.2, 0.25) is 0 Å². The van der Waals surface area contributed by atoms with E-state index in [4.69, 9.17) is 11.5 Å². The minimum atomic E-state index is 0. The van der Waals surface area contributed by atoms with E-state index in [0.29, 0.717) is 0 Å². The maximum atomic E-state index is 5.30. The SMILES string of the molecule is Nc1cc[c-](N)c1.[Fe].[cH-]1[cH-][cH-][cH-][cH-]1. The summed E-state index contributed by atoms with van der Waals surface area (Å²) in [7, 11) is 0. The van der Waals surface area contributed by atoms with Crippen LogP contribution in [0.5, 0.6) is 0 Å². The summed E-state index contributed by atoms with van der Waals surface area (Å²) in [5.74, 6) is 0. The zero-order valence-electron chi connectivity index (χ0n) is 7.13. The number of nitrogen functional groups attached to an aromatic ring is 2. The van der Waals surface area contributed by atoms with E-state index >= 15 is 0 Å². The zero-order valence-corrected chi connectivity index (χ0v) is 8.23. The Labute approximate surface area is 88.7 Å². The maximum absolute atomic E-state index is 5.30. The van der Waals surface area contributed by atoms with Crippen LogP contribution in [-0.2, 0) is 17.1 Å². The predicted molar refractivity (Wildman–Crippen MR) is 52.9 cm³/mol. The van der Waals surface area contributed by atoms with Crippen LogP contribution in [0.25, 0.3) is 0 Å². The van der Waals surface area contributed by atoms with Crippen molar-refractivity contribution in [3.63, 3.8) is 0 Å². The van der Waals surface area contributed by atoms with Crippen molar-refractivity contribution in [2.45, 2.75) is 0 Å². The van der Waals surface area contributed by atoms with Gasteiger partial charge in [-0.2, -0.15) is 12.1 Å². The monoisotopic (exact) mass is 216 g/mol. The number of rotatable bonds is 0. The summed E-state index contributed by atoms with van der Waals surface area (Å²) in [6.45, 7) is 0. The van der Waals surface area contributed by atoms with Crippen LogP contribution in [0.3, 0.4) is 0 Å². The van der Waals surface area contributed by atoms with Crippen molar-refractivity contribution in [3.05, 3.63) is 48.5 Å². The zero-order chi connectivity index (χ0) is 8.81. The second-order valence-electron chi connectivity index (χ2n) is 2.44. The largest absolute Gasteiger partial charge is 0.748 e. The van der Waals surface area contributed by atoms with Crippen LogP contribution in [0.15, 0.2) is 48.5 Å². The van der Waals surface area contributed by atoms with Crippen LogP contribution in [-0.4, -0.2) is 0 Å². The molecule has 0 heterocycles. The molecule has 0 aliphatic carbocycles. The van der Waals surface area contributed by atoms with Gasteiger partial charge in [-0.1, -0.05) is 5.69 Å². The molecule has 4 N–H and O–H groups in total. The number of anilines is 2. The van der Waals surface area contributed by atoms with Crippen molar-refractivity contribution >= 4 is 11.4 Å². The minimum Gasteiger partial charge on any atom is -0.748 e. The summed E-state index contributed by atoms with van der Waals surface area (Å²) in [5, 5.41) is 0. The second-order valence-corrected chi connectivity index (χ2v) is 2.44. The Morgan fingerprint density at radius 3 is 1.69 bits per heavy atom.